The highest BCUT2D eigenvalue weighted by Gasteiger charge is 2.29. The van der Waals surface area contributed by atoms with Crippen LogP contribution in [0.25, 0.3) is 0 Å². The Balaban J connectivity index is 1.97. The Labute approximate surface area is 125 Å². The smallest absolute Gasteiger partial charge is 0.179 e. The molecule has 20 heavy (non-hydrogen) atoms. The van der Waals surface area contributed by atoms with E-state index in [-0.39, 0.29) is 5.75 Å². The molecule has 1 fully saturated rings. The second-order valence-electron chi connectivity index (χ2n) is 5.65. The maximum atomic E-state index is 12.2. The van der Waals surface area contributed by atoms with E-state index in [2.05, 4.69) is 0 Å². The zero-order valence-corrected chi connectivity index (χ0v) is 13.1. The molecule has 4 nitrogen and oxygen atoms in total. The number of β-amino-alcohol motifs (C(OH)–C–C–N with tert-alkyl or cyclic N) is 1. The summed E-state index contributed by atoms with van der Waals surface area (Å²) in [4.78, 5) is 2.31. The van der Waals surface area contributed by atoms with Crippen molar-refractivity contribution in [2.75, 3.05) is 25.4 Å². The van der Waals surface area contributed by atoms with Crippen LogP contribution in [0.5, 0.6) is 0 Å². The van der Waals surface area contributed by atoms with Crippen LogP contribution in [-0.4, -0.2) is 49.4 Å². The number of hydrogen-bond acceptors (Lipinski definition) is 4. The molecule has 0 radical (unpaired) electrons. The lowest BCUT2D eigenvalue weighted by Crippen LogP contribution is -2.47. The molecule has 0 saturated carbocycles. The predicted molar refractivity (Wildman–Crippen MR) is 79.8 cm³/mol. The summed E-state index contributed by atoms with van der Waals surface area (Å²) in [6, 6.07) is 6.23. The minimum atomic E-state index is -3.30. The van der Waals surface area contributed by atoms with Crippen molar-refractivity contribution in [3.63, 3.8) is 0 Å². The summed E-state index contributed by atoms with van der Waals surface area (Å²) in [6.45, 7) is 3.61. The lowest BCUT2D eigenvalue weighted by molar-refractivity contribution is -0.0134. The number of nitrogens with zero attached hydrogens (tertiary/aromatic N) is 1. The Morgan fingerprint density at radius 1 is 1.35 bits per heavy atom. The maximum Gasteiger partial charge on any atom is 0.179 e. The van der Waals surface area contributed by atoms with Crippen LogP contribution in [0.4, 0.5) is 0 Å². The van der Waals surface area contributed by atoms with Crippen molar-refractivity contribution < 1.29 is 13.5 Å². The quantitative estimate of drug-likeness (QED) is 0.922. The molecule has 1 unspecified atom stereocenters. The second-order valence-corrected chi connectivity index (χ2v) is 8.20. The number of piperidine rings is 1. The Hall–Kier alpha value is -0.620. The number of halogens is 1. The van der Waals surface area contributed by atoms with Gasteiger partial charge in [0.05, 0.1) is 16.2 Å². The summed E-state index contributed by atoms with van der Waals surface area (Å²) in [5.41, 5.74) is -0.706. The highest BCUT2D eigenvalue weighted by molar-refractivity contribution is 7.91. The van der Waals surface area contributed by atoms with Crippen LogP contribution in [0.2, 0.25) is 5.02 Å². The van der Waals surface area contributed by atoms with Crippen molar-refractivity contribution in [1.82, 2.24) is 4.90 Å². The zero-order valence-electron chi connectivity index (χ0n) is 11.5. The highest BCUT2D eigenvalue weighted by atomic mass is 35.5. The fraction of sp³-hybridized carbons (Fsp3) is 0.571. The molecule has 0 amide bonds. The topological polar surface area (TPSA) is 57.6 Å². The molecule has 1 heterocycles. The number of rotatable bonds is 4. The van der Waals surface area contributed by atoms with E-state index in [0.717, 1.165) is 19.4 Å². The van der Waals surface area contributed by atoms with E-state index in [4.69, 9.17) is 11.6 Å². The molecule has 1 aromatic rings. The summed E-state index contributed by atoms with van der Waals surface area (Å²) in [5.74, 6) is 0.0602. The van der Waals surface area contributed by atoms with Crippen LogP contribution in [0.15, 0.2) is 29.2 Å². The molecule has 1 saturated heterocycles. The first-order valence-corrected chi connectivity index (χ1v) is 8.75. The van der Waals surface area contributed by atoms with Gasteiger partial charge in [0.15, 0.2) is 9.84 Å². The fourth-order valence-corrected chi connectivity index (χ4v) is 3.93. The molecule has 0 bridgehead atoms. The molecule has 0 aliphatic carbocycles. The van der Waals surface area contributed by atoms with E-state index in [0.29, 0.717) is 23.0 Å². The molecule has 1 atom stereocenters. The van der Waals surface area contributed by atoms with Gasteiger partial charge in [0.2, 0.25) is 0 Å². The Kier molecular flexibility index (Phi) is 4.74. The average molecular weight is 318 g/mol. The van der Waals surface area contributed by atoms with Crippen molar-refractivity contribution >= 4 is 21.4 Å². The Bertz CT molecular complexity index is 554. The van der Waals surface area contributed by atoms with Gasteiger partial charge in [-0.3, -0.25) is 4.90 Å². The van der Waals surface area contributed by atoms with Gasteiger partial charge in [-0.2, -0.15) is 0 Å². The monoisotopic (exact) mass is 317 g/mol. The summed E-state index contributed by atoms with van der Waals surface area (Å²) in [7, 11) is -3.30. The third-order valence-corrected chi connectivity index (χ3v) is 5.57. The zero-order chi connectivity index (χ0) is 14.8. The van der Waals surface area contributed by atoms with Gasteiger partial charge in [0.25, 0.3) is 0 Å². The van der Waals surface area contributed by atoms with Crippen LogP contribution >= 0.6 is 11.6 Å². The van der Waals surface area contributed by atoms with Crippen molar-refractivity contribution in [2.45, 2.75) is 30.3 Å². The van der Waals surface area contributed by atoms with Crippen molar-refractivity contribution in [3.8, 4) is 0 Å². The van der Waals surface area contributed by atoms with E-state index < -0.39 is 15.4 Å². The van der Waals surface area contributed by atoms with Gasteiger partial charge >= 0.3 is 0 Å². The van der Waals surface area contributed by atoms with Gasteiger partial charge in [-0.05, 0) is 50.6 Å². The molecular formula is C14H20ClNO3S. The number of likely N-dealkylation sites (tertiary alicyclic amines) is 1. The Morgan fingerprint density at radius 2 is 2.00 bits per heavy atom. The highest BCUT2D eigenvalue weighted by Crippen LogP contribution is 2.21. The molecule has 112 valence electrons. The maximum absolute atomic E-state index is 12.2. The number of hydrogen-bond donors (Lipinski definition) is 1. The molecular weight excluding hydrogens is 298 g/mol. The molecule has 6 heteroatoms. The third kappa shape index (κ3) is 4.19. The van der Waals surface area contributed by atoms with Gasteiger partial charge in [-0.25, -0.2) is 8.42 Å². The van der Waals surface area contributed by atoms with Crippen LogP contribution in [-0.2, 0) is 9.84 Å². The van der Waals surface area contributed by atoms with E-state index in [1.807, 2.05) is 4.90 Å². The number of sulfone groups is 1. The molecule has 1 aliphatic heterocycles. The lowest BCUT2D eigenvalue weighted by Gasteiger charge is -2.36. The number of aliphatic hydroxyl groups is 1. The molecule has 0 spiro atoms. The molecule has 1 N–H and O–H groups in total. The van der Waals surface area contributed by atoms with Crippen LogP contribution in [0, 0.1) is 0 Å². The second kappa shape index (κ2) is 6.02. The minimum Gasteiger partial charge on any atom is -0.389 e. The van der Waals surface area contributed by atoms with Crippen LogP contribution in [0.3, 0.4) is 0 Å². The van der Waals surface area contributed by atoms with Gasteiger partial charge in [-0.1, -0.05) is 11.6 Å². The van der Waals surface area contributed by atoms with E-state index in [9.17, 15) is 13.5 Å². The van der Waals surface area contributed by atoms with Crippen LogP contribution in [0.1, 0.15) is 19.8 Å². The lowest BCUT2D eigenvalue weighted by atomic mass is 9.95. The van der Waals surface area contributed by atoms with E-state index in [1.165, 1.54) is 12.1 Å². The van der Waals surface area contributed by atoms with Gasteiger partial charge in [-0.15, -0.1) is 0 Å². The normalized spacial score (nSPS) is 24.8. The molecule has 1 aromatic carbocycles. The van der Waals surface area contributed by atoms with Crippen molar-refractivity contribution in [3.05, 3.63) is 29.3 Å². The van der Waals surface area contributed by atoms with Gasteiger partial charge < -0.3 is 5.11 Å². The van der Waals surface area contributed by atoms with E-state index in [1.54, 1.807) is 19.1 Å². The molecule has 0 aromatic heterocycles. The van der Waals surface area contributed by atoms with Gasteiger partial charge in [0, 0.05) is 18.1 Å². The summed E-state index contributed by atoms with van der Waals surface area (Å²) in [5, 5.41) is 10.5. The summed E-state index contributed by atoms with van der Waals surface area (Å²) in [6.07, 6.45) is 1.67. The van der Waals surface area contributed by atoms with Gasteiger partial charge in [0.1, 0.15) is 0 Å². The largest absolute Gasteiger partial charge is 0.389 e. The first-order valence-electron chi connectivity index (χ1n) is 6.72. The third-order valence-electron chi connectivity index (χ3n) is 3.60. The van der Waals surface area contributed by atoms with Crippen LogP contribution < -0.4 is 0 Å². The first-order chi connectivity index (χ1) is 9.28. The SMILES string of the molecule is CC1(O)CCCN(CCS(=O)(=O)c2ccc(Cl)cc2)C1. The molecule has 1 aliphatic rings. The minimum absolute atomic E-state index is 0.0602. The van der Waals surface area contributed by atoms with Crippen molar-refractivity contribution in [2.24, 2.45) is 0 Å². The summed E-state index contributed by atoms with van der Waals surface area (Å²) >= 11 is 5.76. The average Bonchev–Trinajstić information content (AvgIpc) is 2.36. The Morgan fingerprint density at radius 3 is 2.60 bits per heavy atom. The summed E-state index contributed by atoms with van der Waals surface area (Å²) < 4.78 is 24.4. The van der Waals surface area contributed by atoms with Crippen molar-refractivity contribution in [1.29, 1.82) is 0 Å². The van der Waals surface area contributed by atoms with E-state index >= 15 is 0 Å². The number of benzene rings is 1. The first kappa shape index (κ1) is 15.8. The standard InChI is InChI=1S/C14H20ClNO3S/c1-14(17)7-2-8-16(11-14)9-10-20(18,19)13-5-3-12(15)4-6-13/h3-6,17H,2,7-11H2,1H3. The predicted octanol–water partition coefficient (Wildman–Crippen LogP) is 1.96. The molecule has 2 rings (SSSR count). The fourth-order valence-electron chi connectivity index (χ4n) is 2.52.